The van der Waals surface area contributed by atoms with E-state index in [2.05, 4.69) is 95.6 Å². The van der Waals surface area contributed by atoms with E-state index >= 15 is 0 Å². The molecule has 10 rings (SSSR count). The fourth-order valence-electron chi connectivity index (χ4n) is 6.96. The second kappa shape index (κ2) is 12.3. The smallest absolute Gasteiger partial charge is 0.227 e. The van der Waals surface area contributed by atoms with Crippen molar-refractivity contribution in [2.45, 2.75) is 0 Å². The Morgan fingerprint density at radius 1 is 0.365 bits per heavy atom. The summed E-state index contributed by atoms with van der Waals surface area (Å²) in [5.41, 5.74) is 10.8. The first kappa shape index (κ1) is 29.7. The molecule has 0 spiro atoms. The molecular formula is C46H29N5O. The van der Waals surface area contributed by atoms with E-state index in [-0.39, 0.29) is 0 Å². The van der Waals surface area contributed by atoms with Crippen LogP contribution in [0.3, 0.4) is 0 Å². The quantitative estimate of drug-likeness (QED) is 0.176. The predicted molar refractivity (Wildman–Crippen MR) is 209 cm³/mol. The minimum absolute atomic E-state index is 0.611. The summed E-state index contributed by atoms with van der Waals surface area (Å²) in [7, 11) is 0. The molecule has 0 atom stereocenters. The monoisotopic (exact) mass is 667 g/mol. The van der Waals surface area contributed by atoms with Crippen molar-refractivity contribution in [2.75, 3.05) is 0 Å². The molecule has 52 heavy (non-hydrogen) atoms. The van der Waals surface area contributed by atoms with Crippen molar-refractivity contribution < 1.29 is 4.42 Å². The van der Waals surface area contributed by atoms with Gasteiger partial charge in [0.05, 0.1) is 11.0 Å². The van der Waals surface area contributed by atoms with Gasteiger partial charge in [0.25, 0.3) is 0 Å². The SMILES string of the molecule is c1ccc(-c2nc(-c3ccccc3)nc(-c3cccc(-c4ccc(-n5c6ccccc6c6ccc(-c7nc8ccccc8o7)cc65)cc4)c3)n2)cc1. The van der Waals surface area contributed by atoms with Crippen molar-refractivity contribution in [2.24, 2.45) is 0 Å². The fourth-order valence-corrected chi connectivity index (χ4v) is 6.96. The molecule has 7 aromatic carbocycles. The van der Waals surface area contributed by atoms with Crippen LogP contribution < -0.4 is 0 Å². The van der Waals surface area contributed by atoms with Gasteiger partial charge in [0.1, 0.15) is 5.52 Å². The van der Waals surface area contributed by atoms with Crippen LogP contribution in [0.15, 0.2) is 180 Å². The van der Waals surface area contributed by atoms with Gasteiger partial charge in [-0.3, -0.25) is 0 Å². The van der Waals surface area contributed by atoms with E-state index in [0.29, 0.717) is 23.4 Å². The number of benzene rings is 7. The van der Waals surface area contributed by atoms with E-state index < -0.39 is 0 Å². The lowest BCUT2D eigenvalue weighted by Crippen LogP contribution is -2.00. The lowest BCUT2D eigenvalue weighted by molar-refractivity contribution is 0.620. The summed E-state index contributed by atoms with van der Waals surface area (Å²) >= 11 is 0. The second-order valence-corrected chi connectivity index (χ2v) is 12.7. The minimum Gasteiger partial charge on any atom is -0.436 e. The van der Waals surface area contributed by atoms with Crippen molar-refractivity contribution in [1.82, 2.24) is 24.5 Å². The normalized spacial score (nSPS) is 11.5. The van der Waals surface area contributed by atoms with Crippen LogP contribution in [0, 0.1) is 0 Å². The Bertz CT molecular complexity index is 2800. The maximum atomic E-state index is 6.15. The van der Waals surface area contributed by atoms with Gasteiger partial charge in [-0.15, -0.1) is 0 Å². The summed E-state index contributed by atoms with van der Waals surface area (Å²) in [6.07, 6.45) is 0. The number of rotatable bonds is 6. The van der Waals surface area contributed by atoms with Crippen LogP contribution >= 0.6 is 0 Å². The highest BCUT2D eigenvalue weighted by molar-refractivity contribution is 6.10. The maximum absolute atomic E-state index is 6.15. The van der Waals surface area contributed by atoms with E-state index in [4.69, 9.17) is 24.4 Å². The number of hydrogen-bond donors (Lipinski definition) is 0. The molecular weight excluding hydrogens is 639 g/mol. The highest BCUT2D eigenvalue weighted by Gasteiger charge is 2.17. The Labute approximate surface area is 299 Å². The van der Waals surface area contributed by atoms with Crippen LogP contribution in [-0.2, 0) is 0 Å². The predicted octanol–water partition coefficient (Wildman–Crippen LogP) is 11.4. The maximum Gasteiger partial charge on any atom is 0.227 e. The van der Waals surface area contributed by atoms with Gasteiger partial charge in [0.15, 0.2) is 23.1 Å². The molecule has 0 fully saturated rings. The third-order valence-corrected chi connectivity index (χ3v) is 9.49. The number of nitrogens with zero attached hydrogens (tertiary/aromatic N) is 5. The molecule has 0 aliphatic heterocycles. The number of fused-ring (bicyclic) bond motifs is 4. The molecule has 244 valence electrons. The molecule has 6 heteroatoms. The van der Waals surface area contributed by atoms with Gasteiger partial charge in [-0.25, -0.2) is 19.9 Å². The first-order chi connectivity index (χ1) is 25.7. The molecule has 3 heterocycles. The number of para-hydroxylation sites is 3. The minimum atomic E-state index is 0.611. The van der Waals surface area contributed by atoms with E-state index in [9.17, 15) is 0 Å². The summed E-state index contributed by atoms with van der Waals surface area (Å²) in [6, 6.07) is 60.1. The van der Waals surface area contributed by atoms with Crippen molar-refractivity contribution in [3.05, 3.63) is 176 Å². The molecule has 0 saturated carbocycles. The molecule has 10 aromatic rings. The number of hydrogen-bond acceptors (Lipinski definition) is 5. The summed E-state index contributed by atoms with van der Waals surface area (Å²) < 4.78 is 8.47. The molecule has 0 N–H and O–H groups in total. The number of oxazole rings is 1. The average molecular weight is 668 g/mol. The lowest BCUT2D eigenvalue weighted by Gasteiger charge is -2.11. The highest BCUT2D eigenvalue weighted by atomic mass is 16.3. The third kappa shape index (κ3) is 5.22. The van der Waals surface area contributed by atoms with Gasteiger partial charge in [-0.2, -0.15) is 0 Å². The molecule has 0 unspecified atom stereocenters. The Morgan fingerprint density at radius 2 is 0.942 bits per heavy atom. The van der Waals surface area contributed by atoms with Crippen LogP contribution in [0.2, 0.25) is 0 Å². The zero-order valence-electron chi connectivity index (χ0n) is 27.9. The van der Waals surface area contributed by atoms with E-state index in [1.807, 2.05) is 84.9 Å². The first-order valence-corrected chi connectivity index (χ1v) is 17.2. The lowest BCUT2D eigenvalue weighted by atomic mass is 10.0. The van der Waals surface area contributed by atoms with Crippen molar-refractivity contribution in [3.8, 4) is 62.4 Å². The van der Waals surface area contributed by atoms with Gasteiger partial charge in [0.2, 0.25) is 5.89 Å². The first-order valence-electron chi connectivity index (χ1n) is 17.2. The molecule has 0 saturated heterocycles. The van der Waals surface area contributed by atoms with Gasteiger partial charge >= 0.3 is 0 Å². The topological polar surface area (TPSA) is 69.6 Å². The van der Waals surface area contributed by atoms with Gasteiger partial charge in [-0.05, 0) is 59.7 Å². The van der Waals surface area contributed by atoms with Crippen LogP contribution in [0.5, 0.6) is 0 Å². The van der Waals surface area contributed by atoms with Crippen LogP contribution in [0.25, 0.3) is 95.3 Å². The highest BCUT2D eigenvalue weighted by Crippen LogP contribution is 2.36. The van der Waals surface area contributed by atoms with E-state index in [1.54, 1.807) is 0 Å². The third-order valence-electron chi connectivity index (χ3n) is 9.49. The fraction of sp³-hybridized carbons (Fsp3) is 0. The zero-order chi connectivity index (χ0) is 34.4. The van der Waals surface area contributed by atoms with Crippen molar-refractivity contribution >= 4 is 32.9 Å². The Morgan fingerprint density at radius 3 is 1.67 bits per heavy atom. The van der Waals surface area contributed by atoms with Gasteiger partial charge < -0.3 is 8.98 Å². The molecule has 0 amide bonds. The van der Waals surface area contributed by atoms with Crippen molar-refractivity contribution in [3.63, 3.8) is 0 Å². The summed E-state index contributed by atoms with van der Waals surface area (Å²) in [6.45, 7) is 0. The summed E-state index contributed by atoms with van der Waals surface area (Å²) in [4.78, 5) is 19.5. The Balaban J connectivity index is 1.04. The average Bonchev–Trinajstić information content (AvgIpc) is 3.81. The molecule has 3 aromatic heterocycles. The molecule has 0 bridgehead atoms. The standard InChI is InChI=1S/C46H29N5O/c1-3-12-31(13-4-1)43-48-44(32-14-5-2-6-15-32)50-45(49-43)34-17-11-16-33(28-34)30-22-25-36(26-23-30)51-40-20-9-7-18-37(40)38-27-24-35(29-41(38)51)46-47-39-19-8-10-21-42(39)52-46/h1-29H. The van der Waals surface area contributed by atoms with Gasteiger partial charge in [0, 0.05) is 38.7 Å². The summed E-state index contributed by atoms with van der Waals surface area (Å²) in [5.74, 6) is 2.53. The van der Waals surface area contributed by atoms with Crippen LogP contribution in [0.4, 0.5) is 0 Å². The molecule has 0 radical (unpaired) electrons. The largest absolute Gasteiger partial charge is 0.436 e. The van der Waals surface area contributed by atoms with Crippen molar-refractivity contribution in [1.29, 1.82) is 0 Å². The van der Waals surface area contributed by atoms with Crippen LogP contribution in [-0.4, -0.2) is 24.5 Å². The van der Waals surface area contributed by atoms with Crippen LogP contribution in [0.1, 0.15) is 0 Å². The van der Waals surface area contributed by atoms with Gasteiger partial charge in [-0.1, -0.05) is 127 Å². The number of aromatic nitrogens is 5. The zero-order valence-corrected chi connectivity index (χ0v) is 27.9. The second-order valence-electron chi connectivity index (χ2n) is 12.7. The molecule has 6 nitrogen and oxygen atoms in total. The van der Waals surface area contributed by atoms with E-state index in [0.717, 1.165) is 61.2 Å². The molecule has 0 aliphatic carbocycles. The Kier molecular flexibility index (Phi) is 7.03. The summed E-state index contributed by atoms with van der Waals surface area (Å²) in [5, 5.41) is 2.37. The Hall–Kier alpha value is -7.18. The van der Waals surface area contributed by atoms with E-state index in [1.165, 1.54) is 10.8 Å². The molecule has 0 aliphatic rings.